The van der Waals surface area contributed by atoms with Gasteiger partial charge in [0.15, 0.2) is 0 Å². The highest BCUT2D eigenvalue weighted by Gasteiger charge is 2.14. The van der Waals surface area contributed by atoms with Crippen molar-refractivity contribution >= 4 is 17.5 Å². The first kappa shape index (κ1) is 18.2. The van der Waals surface area contributed by atoms with Crippen molar-refractivity contribution in [2.24, 2.45) is 0 Å². The first-order valence-electron chi connectivity index (χ1n) is 7.68. The number of hydrogen-bond acceptors (Lipinski definition) is 3. The predicted octanol–water partition coefficient (Wildman–Crippen LogP) is 1.77. The van der Waals surface area contributed by atoms with Gasteiger partial charge in [0.05, 0.1) is 13.1 Å². The molecule has 0 unspecified atom stereocenters. The monoisotopic (exact) mass is 305 g/mol. The van der Waals surface area contributed by atoms with Crippen LogP contribution < -0.4 is 5.32 Å². The van der Waals surface area contributed by atoms with E-state index in [0.717, 1.165) is 29.7 Å². The number of benzene rings is 1. The largest absolute Gasteiger partial charge is 0.348 e. The van der Waals surface area contributed by atoms with Gasteiger partial charge >= 0.3 is 0 Å². The summed E-state index contributed by atoms with van der Waals surface area (Å²) in [6, 6.07) is 6.09. The lowest BCUT2D eigenvalue weighted by Gasteiger charge is -2.20. The minimum atomic E-state index is -0.0929. The number of aryl methyl sites for hydroxylation is 2. The normalized spacial score (nSPS) is 10.6. The van der Waals surface area contributed by atoms with Gasteiger partial charge in [-0.1, -0.05) is 32.0 Å². The van der Waals surface area contributed by atoms with Gasteiger partial charge < -0.3 is 10.2 Å². The van der Waals surface area contributed by atoms with Gasteiger partial charge in [0, 0.05) is 19.8 Å². The van der Waals surface area contributed by atoms with E-state index in [1.54, 1.807) is 26.0 Å². The average molecular weight is 305 g/mol. The number of rotatable bonds is 7. The highest BCUT2D eigenvalue weighted by Crippen LogP contribution is 2.22. The van der Waals surface area contributed by atoms with Crippen LogP contribution in [-0.2, 0) is 22.4 Å². The van der Waals surface area contributed by atoms with E-state index in [2.05, 4.69) is 19.2 Å². The van der Waals surface area contributed by atoms with Crippen LogP contribution in [0.1, 0.15) is 25.0 Å². The van der Waals surface area contributed by atoms with Crippen molar-refractivity contribution < 1.29 is 9.59 Å². The lowest BCUT2D eigenvalue weighted by atomic mass is 10.0. The lowest BCUT2D eigenvalue weighted by Crippen LogP contribution is -2.38. The van der Waals surface area contributed by atoms with E-state index in [0.29, 0.717) is 0 Å². The van der Waals surface area contributed by atoms with Crippen molar-refractivity contribution in [3.8, 4) is 0 Å². The van der Waals surface area contributed by atoms with Crippen molar-refractivity contribution in [2.45, 2.75) is 26.7 Å². The number of amides is 2. The lowest BCUT2D eigenvalue weighted by molar-refractivity contribution is -0.130. The second-order valence-corrected chi connectivity index (χ2v) is 5.67. The second-order valence-electron chi connectivity index (χ2n) is 5.67. The van der Waals surface area contributed by atoms with Crippen LogP contribution in [0.5, 0.6) is 0 Å². The molecular weight excluding hydrogens is 278 g/mol. The Hall–Kier alpha value is -1.88. The summed E-state index contributed by atoms with van der Waals surface area (Å²) in [4.78, 5) is 27.1. The first-order chi connectivity index (χ1) is 10.4. The molecule has 0 saturated heterocycles. The number of nitrogens with one attached hydrogen (secondary N) is 1. The molecule has 1 N–H and O–H groups in total. The van der Waals surface area contributed by atoms with Gasteiger partial charge in [-0.05, 0) is 31.0 Å². The fraction of sp³-hybridized carbons (Fsp3) is 0.529. The van der Waals surface area contributed by atoms with Crippen molar-refractivity contribution in [2.75, 3.05) is 39.5 Å². The molecular formula is C17H27N3O2. The van der Waals surface area contributed by atoms with E-state index < -0.39 is 0 Å². The third-order valence-electron chi connectivity index (χ3n) is 3.58. The summed E-state index contributed by atoms with van der Waals surface area (Å²) in [6.07, 6.45) is 1.75. The van der Waals surface area contributed by atoms with Crippen LogP contribution in [-0.4, -0.2) is 55.8 Å². The summed E-state index contributed by atoms with van der Waals surface area (Å²) in [5.74, 6) is -0.108. The van der Waals surface area contributed by atoms with Crippen LogP contribution in [0, 0.1) is 0 Å². The number of nitrogens with zero attached hydrogens (tertiary/aromatic N) is 2. The van der Waals surface area contributed by atoms with E-state index in [9.17, 15) is 9.59 Å². The highest BCUT2D eigenvalue weighted by atomic mass is 16.2. The second kappa shape index (κ2) is 8.54. The van der Waals surface area contributed by atoms with E-state index in [1.165, 1.54) is 4.90 Å². The Kier molecular flexibility index (Phi) is 7.05. The van der Waals surface area contributed by atoms with Crippen molar-refractivity contribution in [1.82, 2.24) is 9.80 Å². The van der Waals surface area contributed by atoms with Gasteiger partial charge in [0.1, 0.15) is 0 Å². The number of hydrogen-bond donors (Lipinski definition) is 1. The maximum Gasteiger partial charge on any atom is 0.238 e. The molecule has 5 heteroatoms. The molecule has 122 valence electrons. The fourth-order valence-corrected chi connectivity index (χ4v) is 2.26. The number of para-hydroxylation sites is 1. The molecule has 1 rings (SSSR count). The number of carbonyl (C=O) groups excluding carboxylic acids is 2. The van der Waals surface area contributed by atoms with Crippen molar-refractivity contribution in [3.05, 3.63) is 29.3 Å². The first-order valence-corrected chi connectivity index (χ1v) is 7.68. The molecule has 0 aromatic heterocycles. The minimum Gasteiger partial charge on any atom is -0.348 e. The molecule has 0 aliphatic carbocycles. The predicted molar refractivity (Wildman–Crippen MR) is 90.0 cm³/mol. The van der Waals surface area contributed by atoms with E-state index in [4.69, 9.17) is 0 Å². The van der Waals surface area contributed by atoms with Gasteiger partial charge in [0.25, 0.3) is 0 Å². The topological polar surface area (TPSA) is 52.7 Å². The Morgan fingerprint density at radius 2 is 1.55 bits per heavy atom. The molecule has 1 aromatic rings. The van der Waals surface area contributed by atoms with Gasteiger partial charge in [-0.3, -0.25) is 14.5 Å². The van der Waals surface area contributed by atoms with Crippen LogP contribution in [0.15, 0.2) is 18.2 Å². The summed E-state index contributed by atoms with van der Waals surface area (Å²) in [5, 5.41) is 3.01. The maximum atomic E-state index is 12.2. The third kappa shape index (κ3) is 5.15. The fourth-order valence-electron chi connectivity index (χ4n) is 2.26. The molecule has 0 aliphatic rings. The van der Waals surface area contributed by atoms with Crippen LogP contribution in [0.25, 0.3) is 0 Å². The zero-order chi connectivity index (χ0) is 16.7. The maximum absolute atomic E-state index is 12.2. The Morgan fingerprint density at radius 3 is 2.00 bits per heavy atom. The summed E-state index contributed by atoms with van der Waals surface area (Å²) in [6.45, 7) is 4.58. The molecule has 5 nitrogen and oxygen atoms in total. The average Bonchev–Trinajstić information content (AvgIpc) is 2.46. The van der Waals surface area contributed by atoms with Gasteiger partial charge in [-0.2, -0.15) is 0 Å². The third-order valence-corrected chi connectivity index (χ3v) is 3.58. The van der Waals surface area contributed by atoms with Crippen LogP contribution >= 0.6 is 0 Å². The molecule has 0 aliphatic heterocycles. The standard InChI is InChI=1S/C17H27N3O2/c1-6-13-9-8-10-14(7-2)17(13)18-15(21)11-20(5)12-16(22)19(3)4/h8-10H,6-7,11-12H2,1-5H3,(H,18,21). The molecule has 0 saturated carbocycles. The molecule has 1 aromatic carbocycles. The Morgan fingerprint density at radius 1 is 1.00 bits per heavy atom. The highest BCUT2D eigenvalue weighted by molar-refractivity contribution is 5.94. The van der Waals surface area contributed by atoms with E-state index in [-0.39, 0.29) is 24.9 Å². The molecule has 0 fully saturated rings. The smallest absolute Gasteiger partial charge is 0.238 e. The van der Waals surface area contributed by atoms with Gasteiger partial charge in [-0.15, -0.1) is 0 Å². The molecule has 0 radical (unpaired) electrons. The van der Waals surface area contributed by atoms with E-state index in [1.807, 2.05) is 18.2 Å². The van der Waals surface area contributed by atoms with Crippen LogP contribution in [0.2, 0.25) is 0 Å². The zero-order valence-electron chi connectivity index (χ0n) is 14.3. The Labute approximate surface area is 133 Å². The quantitative estimate of drug-likeness (QED) is 0.835. The van der Waals surface area contributed by atoms with Crippen LogP contribution in [0.3, 0.4) is 0 Å². The summed E-state index contributed by atoms with van der Waals surface area (Å²) in [5.41, 5.74) is 3.20. The number of carbonyl (C=O) groups is 2. The van der Waals surface area contributed by atoms with Crippen molar-refractivity contribution in [1.29, 1.82) is 0 Å². The molecule has 22 heavy (non-hydrogen) atoms. The summed E-state index contributed by atoms with van der Waals surface area (Å²) < 4.78 is 0. The van der Waals surface area contributed by atoms with Crippen LogP contribution in [0.4, 0.5) is 5.69 Å². The molecule has 0 heterocycles. The Bertz CT molecular complexity index is 504. The molecule has 0 bridgehead atoms. The zero-order valence-corrected chi connectivity index (χ0v) is 14.3. The molecule has 2 amide bonds. The molecule has 0 atom stereocenters. The summed E-state index contributed by atoms with van der Waals surface area (Å²) in [7, 11) is 5.19. The minimum absolute atomic E-state index is 0.0153. The van der Waals surface area contributed by atoms with Crippen molar-refractivity contribution in [3.63, 3.8) is 0 Å². The SMILES string of the molecule is CCc1cccc(CC)c1NC(=O)CN(C)CC(=O)N(C)C. The van der Waals surface area contributed by atoms with Gasteiger partial charge in [-0.25, -0.2) is 0 Å². The van der Waals surface area contributed by atoms with Gasteiger partial charge in [0.2, 0.25) is 11.8 Å². The number of anilines is 1. The Balaban J connectivity index is 2.71. The summed E-state index contributed by atoms with van der Waals surface area (Å²) >= 11 is 0. The van der Waals surface area contributed by atoms with E-state index >= 15 is 0 Å². The number of likely N-dealkylation sites (N-methyl/N-ethyl adjacent to an activating group) is 2. The molecule has 0 spiro atoms.